The molecule has 2 aromatic rings. The van der Waals surface area contributed by atoms with Crippen LogP contribution in [0.2, 0.25) is 0 Å². The van der Waals surface area contributed by atoms with Gasteiger partial charge >= 0.3 is 5.97 Å². The van der Waals surface area contributed by atoms with Gasteiger partial charge in [0.15, 0.2) is 0 Å². The number of hydrogen-bond donors (Lipinski definition) is 1. The van der Waals surface area contributed by atoms with Crippen molar-refractivity contribution >= 4 is 5.97 Å². The summed E-state index contributed by atoms with van der Waals surface area (Å²) in [7, 11) is 1.33. The van der Waals surface area contributed by atoms with Crippen molar-refractivity contribution in [1.82, 2.24) is 15.0 Å². The lowest BCUT2D eigenvalue weighted by atomic mass is 10.2. The summed E-state index contributed by atoms with van der Waals surface area (Å²) in [6.07, 6.45) is 3.15. The van der Waals surface area contributed by atoms with Crippen LogP contribution in [0, 0.1) is 6.92 Å². The van der Waals surface area contributed by atoms with Gasteiger partial charge in [-0.15, -0.1) is 0 Å². The van der Waals surface area contributed by atoms with E-state index in [2.05, 4.69) is 19.7 Å². The van der Waals surface area contributed by atoms with Gasteiger partial charge in [-0.25, -0.2) is 9.78 Å². The molecule has 2 heterocycles. The summed E-state index contributed by atoms with van der Waals surface area (Å²) in [4.78, 5) is 22.3. The molecule has 2 rings (SSSR count). The number of nitrogens with zero attached hydrogens (tertiary/aromatic N) is 2. The van der Waals surface area contributed by atoms with E-state index >= 15 is 0 Å². The number of carbonyl (C=O) groups is 1. The Morgan fingerprint density at radius 2 is 2.12 bits per heavy atom. The first-order valence-corrected chi connectivity index (χ1v) is 4.77. The van der Waals surface area contributed by atoms with Crippen molar-refractivity contribution in [2.45, 2.75) is 6.92 Å². The summed E-state index contributed by atoms with van der Waals surface area (Å²) < 4.78 is 4.58. The molecule has 0 aliphatic carbocycles. The summed E-state index contributed by atoms with van der Waals surface area (Å²) >= 11 is 0. The lowest BCUT2D eigenvalue weighted by Gasteiger charge is -1.97. The van der Waals surface area contributed by atoms with Crippen molar-refractivity contribution in [3.63, 3.8) is 0 Å². The van der Waals surface area contributed by atoms with Gasteiger partial charge in [0.2, 0.25) is 0 Å². The molecule has 0 spiro atoms. The predicted molar refractivity (Wildman–Crippen MR) is 57.9 cm³/mol. The number of hydrogen-bond acceptors (Lipinski definition) is 4. The second-order valence-electron chi connectivity index (χ2n) is 3.33. The Kier molecular flexibility index (Phi) is 2.68. The minimum atomic E-state index is -0.432. The maximum Gasteiger partial charge on any atom is 0.356 e. The molecule has 5 heteroatoms. The van der Waals surface area contributed by atoms with Crippen molar-refractivity contribution in [2.75, 3.05) is 7.11 Å². The van der Waals surface area contributed by atoms with Crippen molar-refractivity contribution in [1.29, 1.82) is 0 Å². The van der Waals surface area contributed by atoms with Crippen LogP contribution in [0.15, 0.2) is 24.5 Å². The summed E-state index contributed by atoms with van der Waals surface area (Å²) in [5, 5.41) is 0. The molecule has 82 valence electrons. The van der Waals surface area contributed by atoms with Crippen molar-refractivity contribution in [3.05, 3.63) is 35.9 Å². The summed E-state index contributed by atoms with van der Waals surface area (Å²) in [6, 6.07) is 3.78. The highest BCUT2D eigenvalue weighted by molar-refractivity contribution is 5.87. The van der Waals surface area contributed by atoms with E-state index in [4.69, 9.17) is 0 Å². The van der Waals surface area contributed by atoms with Crippen molar-refractivity contribution < 1.29 is 9.53 Å². The van der Waals surface area contributed by atoms with Crippen molar-refractivity contribution in [3.8, 4) is 11.4 Å². The van der Waals surface area contributed by atoms with E-state index in [0.29, 0.717) is 11.5 Å². The smallest absolute Gasteiger partial charge is 0.356 e. The molecule has 5 nitrogen and oxygen atoms in total. The van der Waals surface area contributed by atoms with E-state index < -0.39 is 5.97 Å². The molecule has 0 aliphatic heterocycles. The summed E-state index contributed by atoms with van der Waals surface area (Å²) in [5.41, 5.74) is 2.10. The van der Waals surface area contributed by atoms with Crippen LogP contribution in [-0.2, 0) is 4.74 Å². The maximum absolute atomic E-state index is 11.2. The van der Waals surface area contributed by atoms with Crippen LogP contribution >= 0.6 is 0 Å². The van der Waals surface area contributed by atoms with Gasteiger partial charge in [0.05, 0.1) is 13.3 Å². The van der Waals surface area contributed by atoms with Crippen LogP contribution in [0.1, 0.15) is 16.2 Å². The number of carbonyl (C=O) groups excluding carboxylic acids is 1. The molecular formula is C11H11N3O2. The Morgan fingerprint density at radius 1 is 1.31 bits per heavy atom. The Bertz CT molecular complexity index is 502. The molecule has 0 unspecified atom stereocenters. The zero-order valence-corrected chi connectivity index (χ0v) is 9.02. The van der Waals surface area contributed by atoms with Crippen LogP contribution in [0.4, 0.5) is 0 Å². The second kappa shape index (κ2) is 4.14. The lowest BCUT2D eigenvalue weighted by Crippen LogP contribution is -2.00. The third kappa shape index (κ3) is 1.93. The molecule has 16 heavy (non-hydrogen) atoms. The number of ether oxygens (including phenoxy) is 1. The van der Waals surface area contributed by atoms with E-state index in [1.54, 1.807) is 6.20 Å². The third-order valence-corrected chi connectivity index (χ3v) is 2.17. The van der Waals surface area contributed by atoms with Gasteiger partial charge in [-0.05, 0) is 19.1 Å². The highest BCUT2D eigenvalue weighted by Crippen LogP contribution is 2.14. The van der Waals surface area contributed by atoms with Gasteiger partial charge in [-0.1, -0.05) is 0 Å². The number of pyridine rings is 1. The molecule has 0 amide bonds. The number of rotatable bonds is 2. The van der Waals surface area contributed by atoms with Gasteiger partial charge in [-0.3, -0.25) is 4.98 Å². The number of nitrogens with one attached hydrogen (secondary N) is 1. The Hall–Kier alpha value is -2.17. The number of aromatic amines is 1. The number of aromatic nitrogens is 3. The molecular weight excluding hydrogens is 206 g/mol. The minimum Gasteiger partial charge on any atom is -0.464 e. The fourth-order valence-corrected chi connectivity index (χ4v) is 1.29. The fraction of sp³-hybridized carbons (Fsp3) is 0.182. The van der Waals surface area contributed by atoms with E-state index in [1.165, 1.54) is 13.3 Å². The molecule has 0 saturated heterocycles. The maximum atomic E-state index is 11.2. The van der Waals surface area contributed by atoms with Crippen LogP contribution in [0.25, 0.3) is 11.4 Å². The van der Waals surface area contributed by atoms with E-state index in [0.717, 1.165) is 11.3 Å². The number of methoxy groups -OCH3 is 1. The van der Waals surface area contributed by atoms with E-state index in [9.17, 15) is 4.79 Å². The van der Waals surface area contributed by atoms with Gasteiger partial charge in [-0.2, -0.15) is 0 Å². The Morgan fingerprint density at radius 3 is 2.75 bits per heavy atom. The standard InChI is InChI=1S/C11H11N3O2/c1-7-3-4-8(5-12-7)10-13-6-9(14-10)11(15)16-2/h3-6H,1-2H3,(H,13,14). The van der Waals surface area contributed by atoms with Gasteiger partial charge in [0.25, 0.3) is 0 Å². The van der Waals surface area contributed by atoms with E-state index in [1.807, 2.05) is 19.1 Å². The highest BCUT2D eigenvalue weighted by atomic mass is 16.5. The van der Waals surface area contributed by atoms with Gasteiger partial charge in [0.1, 0.15) is 11.5 Å². The first-order valence-electron chi connectivity index (χ1n) is 4.77. The SMILES string of the molecule is COC(=O)c1cnc(-c2ccc(C)nc2)[nH]1. The topological polar surface area (TPSA) is 67.9 Å². The Balaban J connectivity index is 2.31. The monoisotopic (exact) mass is 217 g/mol. The largest absolute Gasteiger partial charge is 0.464 e. The van der Waals surface area contributed by atoms with Gasteiger partial charge in [0, 0.05) is 17.5 Å². The normalized spacial score (nSPS) is 10.1. The average molecular weight is 217 g/mol. The molecule has 0 bridgehead atoms. The number of esters is 1. The zero-order chi connectivity index (χ0) is 11.5. The van der Waals surface area contributed by atoms with E-state index in [-0.39, 0.29) is 0 Å². The summed E-state index contributed by atoms with van der Waals surface area (Å²) in [6.45, 7) is 1.91. The van der Waals surface area contributed by atoms with Crippen LogP contribution in [-0.4, -0.2) is 28.0 Å². The highest BCUT2D eigenvalue weighted by Gasteiger charge is 2.10. The molecule has 2 aromatic heterocycles. The molecule has 0 atom stereocenters. The number of imidazole rings is 1. The number of H-pyrrole nitrogens is 1. The molecule has 0 fully saturated rings. The molecule has 1 N–H and O–H groups in total. The van der Waals surface area contributed by atoms with Crippen LogP contribution < -0.4 is 0 Å². The molecule has 0 radical (unpaired) electrons. The second-order valence-corrected chi connectivity index (χ2v) is 3.33. The first kappa shape index (κ1) is 10.4. The fourth-order valence-electron chi connectivity index (χ4n) is 1.29. The van der Waals surface area contributed by atoms with Gasteiger partial charge < -0.3 is 9.72 Å². The third-order valence-electron chi connectivity index (χ3n) is 2.17. The van der Waals surface area contributed by atoms with Crippen molar-refractivity contribution in [2.24, 2.45) is 0 Å². The quantitative estimate of drug-likeness (QED) is 0.775. The summed E-state index contributed by atoms with van der Waals surface area (Å²) in [5.74, 6) is 0.173. The molecule has 0 saturated carbocycles. The minimum absolute atomic E-state index is 0.332. The average Bonchev–Trinajstić information content (AvgIpc) is 2.78. The molecule has 0 aromatic carbocycles. The zero-order valence-electron chi connectivity index (χ0n) is 9.02. The first-order chi connectivity index (χ1) is 7.70. The van der Waals surface area contributed by atoms with Crippen LogP contribution in [0.5, 0.6) is 0 Å². The van der Waals surface area contributed by atoms with Crippen LogP contribution in [0.3, 0.4) is 0 Å². The molecule has 0 aliphatic rings. The Labute approximate surface area is 92.5 Å². The number of aryl methyl sites for hydroxylation is 1. The lowest BCUT2D eigenvalue weighted by molar-refractivity contribution is 0.0595. The predicted octanol–water partition coefficient (Wildman–Crippen LogP) is 1.57.